The molecule has 30 heavy (non-hydrogen) atoms. The third-order valence-corrected chi connectivity index (χ3v) is 6.35. The Morgan fingerprint density at radius 1 is 0.633 bits per heavy atom. The molecule has 1 unspecified atom stereocenters. The SMILES string of the molecule is C1=CC2=CC(c3ccccc3-c3ccccc3C3=Cc4ccccc4C3)=CC2C=C1. The zero-order valence-corrected chi connectivity index (χ0v) is 16.8. The van der Waals surface area contributed by atoms with E-state index in [2.05, 4.69) is 115 Å². The summed E-state index contributed by atoms with van der Waals surface area (Å²) in [6.07, 6.45) is 16.9. The van der Waals surface area contributed by atoms with E-state index < -0.39 is 0 Å². The van der Waals surface area contributed by atoms with Crippen molar-refractivity contribution in [3.63, 3.8) is 0 Å². The fourth-order valence-corrected chi connectivity index (χ4v) is 4.88. The van der Waals surface area contributed by atoms with Crippen molar-refractivity contribution in [2.45, 2.75) is 6.42 Å². The Morgan fingerprint density at radius 2 is 1.33 bits per heavy atom. The fraction of sp³-hybridized carbons (Fsp3) is 0.0667. The minimum Gasteiger partial charge on any atom is -0.0732 e. The lowest BCUT2D eigenvalue weighted by Gasteiger charge is -2.15. The third-order valence-electron chi connectivity index (χ3n) is 6.35. The predicted octanol–water partition coefficient (Wildman–Crippen LogP) is 7.52. The maximum Gasteiger partial charge on any atom is 0.0211 e. The molecule has 0 N–H and O–H groups in total. The average molecular weight is 383 g/mol. The van der Waals surface area contributed by atoms with Crippen LogP contribution in [0.25, 0.3) is 28.3 Å². The molecule has 0 aliphatic heterocycles. The minimum atomic E-state index is 0.403. The van der Waals surface area contributed by atoms with Crippen molar-refractivity contribution in [3.05, 3.63) is 137 Å². The normalized spacial score (nSPS) is 18.5. The van der Waals surface area contributed by atoms with Crippen LogP contribution < -0.4 is 0 Å². The molecular weight excluding hydrogens is 360 g/mol. The van der Waals surface area contributed by atoms with Gasteiger partial charge in [-0.2, -0.15) is 0 Å². The van der Waals surface area contributed by atoms with E-state index >= 15 is 0 Å². The van der Waals surface area contributed by atoms with Crippen molar-refractivity contribution < 1.29 is 0 Å². The monoisotopic (exact) mass is 382 g/mol. The molecule has 3 aliphatic rings. The second kappa shape index (κ2) is 7.00. The van der Waals surface area contributed by atoms with E-state index in [0.29, 0.717) is 5.92 Å². The zero-order chi connectivity index (χ0) is 19.9. The van der Waals surface area contributed by atoms with E-state index in [-0.39, 0.29) is 0 Å². The standard InChI is InChI=1S/C30H22/c1-2-10-22-18-25(17-21(22)9-1)27-13-5-7-15-29(27)30-16-8-6-14-28(30)26-19-23-11-3-4-12-24(23)20-26/h1-19,21H,20H2. The van der Waals surface area contributed by atoms with E-state index in [1.165, 1.54) is 50.1 Å². The number of benzene rings is 3. The van der Waals surface area contributed by atoms with E-state index in [0.717, 1.165) is 6.42 Å². The van der Waals surface area contributed by atoms with Gasteiger partial charge in [0.05, 0.1) is 0 Å². The van der Waals surface area contributed by atoms with Crippen molar-refractivity contribution in [3.8, 4) is 11.1 Å². The fourth-order valence-electron chi connectivity index (χ4n) is 4.88. The summed E-state index contributed by atoms with van der Waals surface area (Å²) >= 11 is 0. The lowest BCUT2D eigenvalue weighted by Crippen LogP contribution is -1.94. The Kier molecular flexibility index (Phi) is 4.02. The van der Waals surface area contributed by atoms with E-state index in [1.807, 2.05) is 0 Å². The van der Waals surface area contributed by atoms with Gasteiger partial charge in [0.15, 0.2) is 0 Å². The van der Waals surface area contributed by atoms with Crippen LogP contribution in [-0.4, -0.2) is 0 Å². The summed E-state index contributed by atoms with van der Waals surface area (Å²) in [6, 6.07) is 26.4. The second-order valence-electron chi connectivity index (χ2n) is 8.17. The quantitative estimate of drug-likeness (QED) is 0.439. The summed E-state index contributed by atoms with van der Waals surface area (Å²) in [7, 11) is 0. The van der Waals surface area contributed by atoms with Gasteiger partial charge in [-0.25, -0.2) is 0 Å². The molecule has 0 aromatic heterocycles. The van der Waals surface area contributed by atoms with Gasteiger partial charge in [0.25, 0.3) is 0 Å². The van der Waals surface area contributed by atoms with E-state index in [9.17, 15) is 0 Å². The highest BCUT2D eigenvalue weighted by Crippen LogP contribution is 2.41. The van der Waals surface area contributed by atoms with Gasteiger partial charge in [0, 0.05) is 5.92 Å². The average Bonchev–Trinajstić information content (AvgIpc) is 3.43. The van der Waals surface area contributed by atoms with Gasteiger partial charge in [0.2, 0.25) is 0 Å². The Morgan fingerprint density at radius 3 is 2.13 bits per heavy atom. The molecule has 1 atom stereocenters. The molecule has 0 amide bonds. The van der Waals surface area contributed by atoms with Crippen LogP contribution in [-0.2, 0) is 6.42 Å². The molecule has 0 heteroatoms. The molecule has 0 nitrogen and oxygen atoms in total. The Hall–Kier alpha value is -3.64. The Bertz CT molecular complexity index is 1310. The highest BCUT2D eigenvalue weighted by molar-refractivity contribution is 5.97. The lowest BCUT2D eigenvalue weighted by atomic mass is 9.89. The topological polar surface area (TPSA) is 0 Å². The molecule has 0 radical (unpaired) electrons. The molecule has 0 saturated carbocycles. The van der Waals surface area contributed by atoms with Crippen molar-refractivity contribution >= 4 is 17.2 Å². The molecule has 0 saturated heterocycles. The van der Waals surface area contributed by atoms with Crippen LogP contribution in [0.4, 0.5) is 0 Å². The van der Waals surface area contributed by atoms with Crippen molar-refractivity contribution in [2.24, 2.45) is 5.92 Å². The van der Waals surface area contributed by atoms with Gasteiger partial charge in [0.1, 0.15) is 0 Å². The molecule has 0 heterocycles. The van der Waals surface area contributed by atoms with Gasteiger partial charge in [-0.1, -0.05) is 115 Å². The smallest absolute Gasteiger partial charge is 0.0211 e. The Labute approximate surface area is 177 Å². The minimum absolute atomic E-state index is 0.403. The van der Waals surface area contributed by atoms with Crippen LogP contribution >= 0.6 is 0 Å². The van der Waals surface area contributed by atoms with Crippen LogP contribution in [0.5, 0.6) is 0 Å². The van der Waals surface area contributed by atoms with Crippen LogP contribution in [0.2, 0.25) is 0 Å². The summed E-state index contributed by atoms with van der Waals surface area (Å²) < 4.78 is 0. The van der Waals surface area contributed by atoms with Crippen LogP contribution in [0.1, 0.15) is 22.3 Å². The molecular formula is C30H22. The van der Waals surface area contributed by atoms with Crippen molar-refractivity contribution in [2.75, 3.05) is 0 Å². The molecule has 3 aromatic rings. The summed E-state index contributed by atoms with van der Waals surface area (Å²) in [5.74, 6) is 0.403. The Balaban J connectivity index is 1.47. The van der Waals surface area contributed by atoms with Gasteiger partial charge < -0.3 is 0 Å². The van der Waals surface area contributed by atoms with Crippen molar-refractivity contribution in [1.29, 1.82) is 0 Å². The molecule has 142 valence electrons. The first-order valence-corrected chi connectivity index (χ1v) is 10.6. The number of hydrogen-bond acceptors (Lipinski definition) is 0. The van der Waals surface area contributed by atoms with Crippen LogP contribution in [0, 0.1) is 5.92 Å². The number of allylic oxidation sites excluding steroid dienone is 9. The van der Waals surface area contributed by atoms with Gasteiger partial charge >= 0.3 is 0 Å². The number of hydrogen-bond donors (Lipinski definition) is 0. The van der Waals surface area contributed by atoms with Crippen LogP contribution in [0.3, 0.4) is 0 Å². The zero-order valence-electron chi connectivity index (χ0n) is 16.8. The number of fused-ring (bicyclic) bond motifs is 2. The summed E-state index contributed by atoms with van der Waals surface area (Å²) in [4.78, 5) is 0. The van der Waals surface area contributed by atoms with Gasteiger partial charge in [-0.15, -0.1) is 0 Å². The third kappa shape index (κ3) is 2.84. The predicted molar refractivity (Wildman–Crippen MR) is 128 cm³/mol. The first-order chi connectivity index (χ1) is 14.9. The van der Waals surface area contributed by atoms with Crippen molar-refractivity contribution in [1.82, 2.24) is 0 Å². The second-order valence-corrected chi connectivity index (χ2v) is 8.17. The highest BCUT2D eigenvalue weighted by atomic mass is 14.3. The number of rotatable bonds is 3. The van der Waals surface area contributed by atoms with Gasteiger partial charge in [-0.3, -0.25) is 0 Å². The maximum atomic E-state index is 2.39. The van der Waals surface area contributed by atoms with Crippen LogP contribution in [0.15, 0.2) is 115 Å². The molecule has 0 fully saturated rings. The molecule has 6 rings (SSSR count). The largest absolute Gasteiger partial charge is 0.0732 e. The van der Waals surface area contributed by atoms with E-state index in [4.69, 9.17) is 0 Å². The molecule has 3 aliphatic carbocycles. The summed E-state index contributed by atoms with van der Waals surface area (Å²) in [5.41, 5.74) is 12.1. The summed E-state index contributed by atoms with van der Waals surface area (Å²) in [6.45, 7) is 0. The molecule has 0 spiro atoms. The lowest BCUT2D eigenvalue weighted by molar-refractivity contribution is 1.02. The first-order valence-electron chi connectivity index (χ1n) is 10.6. The first kappa shape index (κ1) is 17.2. The highest BCUT2D eigenvalue weighted by Gasteiger charge is 2.21. The molecule has 0 bridgehead atoms. The van der Waals surface area contributed by atoms with E-state index in [1.54, 1.807) is 0 Å². The van der Waals surface area contributed by atoms with Gasteiger partial charge in [-0.05, 0) is 56.5 Å². The summed E-state index contributed by atoms with van der Waals surface area (Å²) in [5, 5.41) is 0. The maximum absolute atomic E-state index is 2.39. The molecule has 3 aromatic carbocycles.